The van der Waals surface area contributed by atoms with E-state index in [0.29, 0.717) is 12.3 Å². The van der Waals surface area contributed by atoms with Gasteiger partial charge in [-0.1, -0.05) is 34.1 Å². The maximum absolute atomic E-state index is 13.7. The molecule has 3 aliphatic carbocycles. The molecule has 0 aromatic carbocycles. The maximum Gasteiger partial charge on any atom is 0.420 e. The van der Waals surface area contributed by atoms with Gasteiger partial charge in [-0.05, 0) is 66.6 Å². The van der Waals surface area contributed by atoms with Gasteiger partial charge < -0.3 is 5.11 Å². The van der Waals surface area contributed by atoms with Gasteiger partial charge in [0.05, 0.1) is 0 Å². The zero-order valence-electron chi connectivity index (χ0n) is 15.3. The molecule has 2 bridgehead atoms. The van der Waals surface area contributed by atoms with Gasteiger partial charge in [0.15, 0.2) is 5.60 Å². The zero-order chi connectivity index (χ0) is 18.3. The van der Waals surface area contributed by atoms with Crippen LogP contribution < -0.4 is 0 Å². The Kier molecular flexibility index (Phi) is 3.77. The second kappa shape index (κ2) is 4.89. The fourth-order valence-electron chi connectivity index (χ4n) is 7.04. The lowest BCUT2D eigenvalue weighted by molar-refractivity contribution is -0.285. The molecule has 3 aliphatic rings. The number of hydrogen-bond donors (Lipinski definition) is 1. The van der Waals surface area contributed by atoms with Gasteiger partial charge in [-0.15, -0.1) is 0 Å². The topological polar surface area (TPSA) is 20.2 Å². The van der Waals surface area contributed by atoms with Crippen LogP contribution in [0.4, 0.5) is 17.6 Å². The van der Waals surface area contributed by atoms with Gasteiger partial charge in [0.25, 0.3) is 0 Å². The molecule has 1 spiro atoms. The van der Waals surface area contributed by atoms with Crippen LogP contribution >= 0.6 is 0 Å². The second-order valence-electron chi connectivity index (χ2n) is 9.69. The number of halogens is 4. The molecule has 0 saturated heterocycles. The Labute approximate surface area is 142 Å². The predicted molar refractivity (Wildman–Crippen MR) is 85.1 cm³/mol. The number of aliphatic hydroxyl groups is 1. The number of hydrogen-bond acceptors (Lipinski definition) is 1. The second-order valence-corrected chi connectivity index (χ2v) is 9.69. The van der Waals surface area contributed by atoms with Crippen molar-refractivity contribution < 1.29 is 22.7 Å². The summed E-state index contributed by atoms with van der Waals surface area (Å²) in [6.07, 6.45) is -4.16. The first-order valence-electron chi connectivity index (χ1n) is 9.18. The average molecular weight is 350 g/mol. The SMILES string of the molecule is CCC1(C)CC2CC3(CC2CC(O)(C(C)F)C(F)(F)F)C1C3(C)C. The Balaban J connectivity index is 1.89. The minimum atomic E-state index is -4.93. The lowest BCUT2D eigenvalue weighted by atomic mass is 9.67. The van der Waals surface area contributed by atoms with Crippen molar-refractivity contribution in [2.75, 3.05) is 0 Å². The summed E-state index contributed by atoms with van der Waals surface area (Å²) in [5.74, 6) is 0.457. The van der Waals surface area contributed by atoms with Crippen molar-refractivity contribution >= 4 is 0 Å². The summed E-state index contributed by atoms with van der Waals surface area (Å²) in [4.78, 5) is 0. The fraction of sp³-hybridized carbons (Fsp3) is 1.00. The number of alkyl halides is 4. The van der Waals surface area contributed by atoms with E-state index in [9.17, 15) is 22.7 Å². The van der Waals surface area contributed by atoms with Crippen molar-refractivity contribution in [3.8, 4) is 0 Å². The van der Waals surface area contributed by atoms with Crippen LogP contribution in [0.5, 0.6) is 0 Å². The van der Waals surface area contributed by atoms with Crippen LogP contribution in [0, 0.1) is 34.0 Å². The quantitative estimate of drug-likeness (QED) is 0.662. The summed E-state index contributed by atoms with van der Waals surface area (Å²) >= 11 is 0. The summed E-state index contributed by atoms with van der Waals surface area (Å²) in [6, 6.07) is 0. The first-order valence-corrected chi connectivity index (χ1v) is 9.18. The van der Waals surface area contributed by atoms with Crippen molar-refractivity contribution in [1.82, 2.24) is 0 Å². The van der Waals surface area contributed by atoms with Crippen molar-refractivity contribution in [3.63, 3.8) is 0 Å². The van der Waals surface area contributed by atoms with E-state index in [4.69, 9.17) is 0 Å². The molecule has 1 N–H and O–H groups in total. The molecule has 7 atom stereocenters. The van der Waals surface area contributed by atoms with Crippen LogP contribution in [0.3, 0.4) is 0 Å². The van der Waals surface area contributed by atoms with E-state index in [1.165, 1.54) is 0 Å². The number of fused-ring (bicyclic) bond motifs is 1. The molecule has 1 nitrogen and oxygen atoms in total. The normalized spacial score (nSPS) is 47.0. The summed E-state index contributed by atoms with van der Waals surface area (Å²) in [5, 5.41) is 10.1. The molecule has 3 fully saturated rings. The first kappa shape index (κ1) is 18.5. The van der Waals surface area contributed by atoms with Gasteiger partial charge in [0, 0.05) is 0 Å². The lowest BCUT2D eigenvalue weighted by Crippen LogP contribution is -2.53. The fourth-order valence-corrected chi connectivity index (χ4v) is 7.04. The van der Waals surface area contributed by atoms with Crippen molar-refractivity contribution in [1.29, 1.82) is 0 Å². The van der Waals surface area contributed by atoms with Gasteiger partial charge >= 0.3 is 6.18 Å². The van der Waals surface area contributed by atoms with Crippen molar-refractivity contribution in [2.24, 2.45) is 34.0 Å². The van der Waals surface area contributed by atoms with Crippen LogP contribution in [-0.4, -0.2) is 23.1 Å². The third kappa shape index (κ3) is 2.09. The van der Waals surface area contributed by atoms with Crippen LogP contribution in [0.2, 0.25) is 0 Å². The summed E-state index contributed by atoms with van der Waals surface area (Å²) in [6.45, 7) is 9.74. The summed E-state index contributed by atoms with van der Waals surface area (Å²) in [5.41, 5.74) is -2.84. The Hall–Kier alpha value is -0.320. The third-order valence-corrected chi connectivity index (χ3v) is 8.35. The van der Waals surface area contributed by atoms with Gasteiger partial charge in [0.1, 0.15) is 6.17 Å². The first-order chi connectivity index (χ1) is 10.8. The molecule has 24 heavy (non-hydrogen) atoms. The Morgan fingerprint density at radius 3 is 2.17 bits per heavy atom. The van der Waals surface area contributed by atoms with E-state index < -0.39 is 24.4 Å². The van der Waals surface area contributed by atoms with Gasteiger partial charge in [-0.3, -0.25) is 0 Å². The standard InChI is InChI=1S/C19H30F4O/c1-6-16(5)7-12-8-17(14(16)15(17,3)4)9-13(12)10-18(24,11(2)20)19(21,22)23/h11-14,24H,6-10H2,1-5H3. The molecular formula is C19H30F4O. The highest BCUT2D eigenvalue weighted by Crippen LogP contribution is 2.86. The van der Waals surface area contributed by atoms with E-state index in [1.807, 2.05) is 0 Å². The zero-order valence-corrected chi connectivity index (χ0v) is 15.3. The monoisotopic (exact) mass is 350 g/mol. The molecule has 0 amide bonds. The summed E-state index contributed by atoms with van der Waals surface area (Å²) < 4.78 is 53.8. The van der Waals surface area contributed by atoms with Gasteiger partial charge in [0.2, 0.25) is 0 Å². The molecule has 7 unspecified atom stereocenters. The van der Waals surface area contributed by atoms with Crippen LogP contribution in [0.1, 0.15) is 66.7 Å². The van der Waals surface area contributed by atoms with E-state index in [-0.39, 0.29) is 28.1 Å². The summed E-state index contributed by atoms with van der Waals surface area (Å²) in [7, 11) is 0. The van der Waals surface area contributed by atoms with E-state index in [1.54, 1.807) is 0 Å². The maximum atomic E-state index is 13.7. The number of rotatable bonds is 4. The molecule has 0 radical (unpaired) electrons. The van der Waals surface area contributed by atoms with Crippen molar-refractivity contribution in [3.05, 3.63) is 0 Å². The molecule has 0 heterocycles. The molecule has 5 heteroatoms. The smallest absolute Gasteiger partial charge is 0.378 e. The molecule has 0 aromatic rings. The highest BCUT2D eigenvalue weighted by molar-refractivity contribution is 5.28. The minimum Gasteiger partial charge on any atom is -0.378 e. The molecular weight excluding hydrogens is 320 g/mol. The highest BCUT2D eigenvalue weighted by atomic mass is 19.4. The molecule has 0 aliphatic heterocycles. The van der Waals surface area contributed by atoms with Crippen LogP contribution in [0.25, 0.3) is 0 Å². The molecule has 3 rings (SSSR count). The van der Waals surface area contributed by atoms with Gasteiger partial charge in [-0.25, -0.2) is 4.39 Å². The molecule has 140 valence electrons. The average Bonchev–Trinajstić information content (AvgIpc) is 2.76. The van der Waals surface area contributed by atoms with Crippen LogP contribution in [-0.2, 0) is 0 Å². The minimum absolute atomic E-state index is 0.0946. The van der Waals surface area contributed by atoms with Crippen molar-refractivity contribution in [2.45, 2.75) is 84.7 Å². The largest absolute Gasteiger partial charge is 0.420 e. The van der Waals surface area contributed by atoms with Crippen LogP contribution in [0.15, 0.2) is 0 Å². The third-order valence-electron chi connectivity index (χ3n) is 8.35. The molecule has 0 aromatic heterocycles. The molecule has 3 saturated carbocycles. The Bertz CT molecular complexity index is 528. The lowest BCUT2D eigenvalue weighted by Gasteiger charge is -2.39. The van der Waals surface area contributed by atoms with E-state index in [2.05, 4.69) is 27.7 Å². The predicted octanol–water partition coefficient (Wildman–Crippen LogP) is 5.52. The van der Waals surface area contributed by atoms with Gasteiger partial charge in [-0.2, -0.15) is 13.2 Å². The highest BCUT2D eigenvalue weighted by Gasteiger charge is 2.80. The Morgan fingerprint density at radius 1 is 1.12 bits per heavy atom. The Morgan fingerprint density at radius 2 is 1.71 bits per heavy atom. The van der Waals surface area contributed by atoms with E-state index >= 15 is 0 Å². The van der Waals surface area contributed by atoms with E-state index in [0.717, 1.165) is 26.2 Å².